The van der Waals surface area contributed by atoms with Crippen molar-refractivity contribution in [2.45, 2.75) is 71.7 Å². The summed E-state index contributed by atoms with van der Waals surface area (Å²) in [5.41, 5.74) is 1.35. The van der Waals surface area contributed by atoms with Crippen LogP contribution in [0.3, 0.4) is 0 Å². The van der Waals surface area contributed by atoms with E-state index in [2.05, 4.69) is 16.0 Å². The second-order valence-corrected chi connectivity index (χ2v) is 10.5. The summed E-state index contributed by atoms with van der Waals surface area (Å²) in [4.78, 5) is 60.9. The number of nitrogens with one attached hydrogen (secondary N) is 3. The van der Waals surface area contributed by atoms with Gasteiger partial charge in [-0.05, 0) is 42.2 Å². The number of non-ortho nitro benzene ring substituents is 1. The van der Waals surface area contributed by atoms with Crippen molar-refractivity contribution in [1.29, 1.82) is 0 Å². The molecule has 0 aliphatic heterocycles. The molecule has 2 aromatic rings. The van der Waals surface area contributed by atoms with Crippen LogP contribution in [0, 0.1) is 22.0 Å². The van der Waals surface area contributed by atoms with Crippen LogP contribution in [0.5, 0.6) is 0 Å². The third kappa shape index (κ3) is 11.2. The maximum absolute atomic E-state index is 13.2. The van der Waals surface area contributed by atoms with Crippen LogP contribution in [0.4, 0.5) is 10.5 Å². The molecular formula is C29H38N4O7. The third-order valence-corrected chi connectivity index (χ3v) is 5.96. The molecule has 0 saturated heterocycles. The van der Waals surface area contributed by atoms with E-state index < -0.39 is 41.0 Å². The Morgan fingerprint density at radius 2 is 1.38 bits per heavy atom. The molecule has 216 valence electrons. The lowest BCUT2D eigenvalue weighted by Crippen LogP contribution is -2.55. The number of ether oxygens (including phenoxy) is 1. The molecule has 0 spiro atoms. The summed E-state index contributed by atoms with van der Waals surface area (Å²) in [7, 11) is 0. The third-order valence-electron chi connectivity index (χ3n) is 5.96. The Balaban J connectivity index is 2.05. The fraction of sp³-hybridized carbons (Fsp3) is 0.448. The van der Waals surface area contributed by atoms with Gasteiger partial charge in [-0.15, -0.1) is 0 Å². The predicted octanol–water partition coefficient (Wildman–Crippen LogP) is 3.69. The highest BCUT2D eigenvalue weighted by Crippen LogP contribution is 2.14. The Bertz CT molecular complexity index is 1140. The Morgan fingerprint density at radius 3 is 1.90 bits per heavy atom. The molecule has 3 amide bonds. The lowest BCUT2D eigenvalue weighted by Gasteiger charge is -2.26. The van der Waals surface area contributed by atoms with E-state index in [0.717, 1.165) is 5.56 Å². The van der Waals surface area contributed by atoms with Crippen molar-refractivity contribution in [2.24, 2.45) is 11.8 Å². The van der Waals surface area contributed by atoms with Gasteiger partial charge in [0.2, 0.25) is 11.8 Å². The molecule has 3 atom stereocenters. The van der Waals surface area contributed by atoms with Gasteiger partial charge >= 0.3 is 6.09 Å². The highest BCUT2D eigenvalue weighted by atomic mass is 16.6. The predicted molar refractivity (Wildman–Crippen MR) is 149 cm³/mol. The molecule has 0 heterocycles. The smallest absolute Gasteiger partial charge is 0.408 e. The quantitative estimate of drug-likeness (QED) is 0.172. The zero-order chi connectivity index (χ0) is 29.7. The molecule has 2 rings (SSSR count). The Hall–Kier alpha value is -4.28. The van der Waals surface area contributed by atoms with Gasteiger partial charge in [-0.1, -0.05) is 70.2 Å². The van der Waals surface area contributed by atoms with Gasteiger partial charge in [-0.25, -0.2) is 4.79 Å². The van der Waals surface area contributed by atoms with Gasteiger partial charge < -0.3 is 25.5 Å². The van der Waals surface area contributed by atoms with Crippen LogP contribution in [0.1, 0.15) is 51.7 Å². The van der Waals surface area contributed by atoms with E-state index >= 15 is 0 Å². The summed E-state index contributed by atoms with van der Waals surface area (Å²) < 4.78 is 5.27. The lowest BCUT2D eigenvalue weighted by atomic mass is 9.99. The van der Waals surface area contributed by atoms with E-state index in [4.69, 9.17) is 4.74 Å². The van der Waals surface area contributed by atoms with Gasteiger partial charge in [0, 0.05) is 12.1 Å². The Labute approximate surface area is 234 Å². The lowest BCUT2D eigenvalue weighted by molar-refractivity contribution is -0.384. The molecule has 0 saturated carbocycles. The maximum atomic E-state index is 13.2. The fourth-order valence-corrected chi connectivity index (χ4v) is 4.01. The minimum Gasteiger partial charge on any atom is -0.445 e. The number of nitro benzene ring substituents is 1. The summed E-state index contributed by atoms with van der Waals surface area (Å²) in [6.45, 7) is 7.64. The monoisotopic (exact) mass is 554 g/mol. The molecule has 2 aromatic carbocycles. The number of alkyl carbamates (subject to hydrolysis) is 1. The average Bonchev–Trinajstić information content (AvgIpc) is 2.91. The van der Waals surface area contributed by atoms with Crippen molar-refractivity contribution >= 4 is 29.9 Å². The Morgan fingerprint density at radius 1 is 0.825 bits per heavy atom. The number of nitro groups is 1. The highest BCUT2D eigenvalue weighted by molar-refractivity contribution is 5.92. The molecule has 0 bridgehead atoms. The average molecular weight is 555 g/mol. The molecule has 0 aromatic heterocycles. The van der Waals surface area contributed by atoms with Crippen LogP contribution in [0.25, 0.3) is 0 Å². The van der Waals surface area contributed by atoms with Gasteiger partial charge in [-0.3, -0.25) is 19.7 Å². The van der Waals surface area contributed by atoms with Crippen LogP contribution in [-0.2, 0) is 32.1 Å². The van der Waals surface area contributed by atoms with Crippen LogP contribution in [0.15, 0.2) is 54.6 Å². The molecule has 0 aliphatic carbocycles. The van der Waals surface area contributed by atoms with E-state index in [0.29, 0.717) is 24.7 Å². The summed E-state index contributed by atoms with van der Waals surface area (Å²) in [5.74, 6) is -0.989. The minimum absolute atomic E-state index is 0.0350. The number of hydrogen-bond acceptors (Lipinski definition) is 7. The molecule has 40 heavy (non-hydrogen) atoms. The fourth-order valence-electron chi connectivity index (χ4n) is 4.01. The minimum atomic E-state index is -0.955. The van der Waals surface area contributed by atoms with Crippen LogP contribution >= 0.6 is 0 Å². The zero-order valence-electron chi connectivity index (χ0n) is 23.3. The van der Waals surface area contributed by atoms with Crippen LogP contribution < -0.4 is 16.0 Å². The van der Waals surface area contributed by atoms with Crippen molar-refractivity contribution in [1.82, 2.24) is 16.0 Å². The molecule has 0 aliphatic rings. The van der Waals surface area contributed by atoms with Crippen molar-refractivity contribution in [3.63, 3.8) is 0 Å². The van der Waals surface area contributed by atoms with E-state index in [1.54, 1.807) is 0 Å². The second kappa shape index (κ2) is 16.0. The number of carbonyl (C=O) groups excluding carboxylic acids is 4. The number of aldehydes is 1. The second-order valence-electron chi connectivity index (χ2n) is 10.5. The topological polar surface area (TPSA) is 157 Å². The van der Waals surface area contributed by atoms with E-state index in [-0.39, 0.29) is 30.6 Å². The van der Waals surface area contributed by atoms with Gasteiger partial charge in [0.05, 0.1) is 11.0 Å². The van der Waals surface area contributed by atoms with Crippen molar-refractivity contribution in [2.75, 3.05) is 0 Å². The van der Waals surface area contributed by atoms with Gasteiger partial charge in [0.1, 0.15) is 25.0 Å². The first-order chi connectivity index (χ1) is 19.0. The standard InChI is InChI=1S/C29H38N4O7/c1-19(2)14-25(27(35)30-23(17-34)16-21-10-12-24(13-11-21)33(38)39)31-28(36)26(15-20(3)4)32-29(37)40-18-22-8-6-5-7-9-22/h5-13,17,19-20,23,25-26H,14-16,18H2,1-4H3,(H,30,35)(H,31,36)(H,32,37). The maximum Gasteiger partial charge on any atom is 0.408 e. The van der Waals surface area contributed by atoms with Crippen LogP contribution in [0.2, 0.25) is 0 Å². The van der Waals surface area contributed by atoms with Gasteiger partial charge in [0.15, 0.2) is 0 Å². The van der Waals surface area contributed by atoms with Gasteiger partial charge in [0.25, 0.3) is 5.69 Å². The summed E-state index contributed by atoms with van der Waals surface area (Å²) in [6, 6.07) is 12.0. The summed E-state index contributed by atoms with van der Waals surface area (Å²) in [5, 5.41) is 18.9. The highest BCUT2D eigenvalue weighted by Gasteiger charge is 2.29. The Kier molecular flexibility index (Phi) is 12.7. The first-order valence-corrected chi connectivity index (χ1v) is 13.2. The number of benzene rings is 2. The molecule has 0 fully saturated rings. The van der Waals surface area contributed by atoms with Crippen molar-refractivity contribution in [3.05, 3.63) is 75.8 Å². The van der Waals surface area contributed by atoms with E-state index in [1.165, 1.54) is 24.3 Å². The molecule has 11 nitrogen and oxygen atoms in total. The molecule has 11 heteroatoms. The number of carbonyl (C=O) groups is 4. The van der Waals surface area contributed by atoms with E-state index in [9.17, 15) is 29.3 Å². The number of amides is 3. The number of hydrogen-bond donors (Lipinski definition) is 3. The molecule has 3 unspecified atom stereocenters. The number of nitrogens with zero attached hydrogens (tertiary/aromatic N) is 1. The number of rotatable bonds is 15. The zero-order valence-corrected chi connectivity index (χ0v) is 23.3. The first kappa shape index (κ1) is 31.9. The molecular weight excluding hydrogens is 516 g/mol. The van der Waals surface area contributed by atoms with E-state index in [1.807, 2.05) is 58.0 Å². The first-order valence-electron chi connectivity index (χ1n) is 13.2. The summed E-state index contributed by atoms with van der Waals surface area (Å²) >= 11 is 0. The van der Waals surface area contributed by atoms with Gasteiger partial charge in [-0.2, -0.15) is 0 Å². The summed E-state index contributed by atoms with van der Waals surface area (Å²) in [6.07, 6.45) is 0.575. The van der Waals surface area contributed by atoms with Crippen molar-refractivity contribution < 1.29 is 28.8 Å². The molecule has 0 radical (unpaired) electrons. The van der Waals surface area contributed by atoms with Crippen LogP contribution in [-0.4, -0.2) is 47.2 Å². The van der Waals surface area contributed by atoms with Crippen molar-refractivity contribution in [3.8, 4) is 0 Å². The normalized spacial score (nSPS) is 13.2. The largest absolute Gasteiger partial charge is 0.445 e. The molecule has 3 N–H and O–H groups in total. The SMILES string of the molecule is CC(C)CC(NC(=O)OCc1ccccc1)C(=O)NC(CC(C)C)C(=O)NC(C=O)Cc1ccc([N+](=O)[O-])cc1.